The number of furan rings is 1. The fraction of sp³-hybridized carbons (Fsp3) is 0.333. The Morgan fingerprint density at radius 3 is 2.77 bits per heavy atom. The Kier molecular flexibility index (Phi) is 6.00. The van der Waals surface area contributed by atoms with E-state index in [1.165, 1.54) is 25.5 Å². The number of hydrogen-bond acceptors (Lipinski definition) is 6. The van der Waals surface area contributed by atoms with Crippen LogP contribution in [0.3, 0.4) is 0 Å². The molecule has 10 heteroatoms. The van der Waals surface area contributed by atoms with Crippen molar-refractivity contribution in [3.05, 3.63) is 48.2 Å². The average Bonchev–Trinajstić information content (AvgIpc) is 3.23. The van der Waals surface area contributed by atoms with E-state index in [0.29, 0.717) is 27.8 Å². The van der Waals surface area contributed by atoms with E-state index in [1.807, 2.05) is 0 Å². The second-order valence-corrected chi connectivity index (χ2v) is 9.62. The monoisotopic (exact) mass is 468 g/mol. The molecule has 0 unspecified atom stereocenters. The number of anilines is 1. The van der Waals surface area contributed by atoms with E-state index in [1.54, 1.807) is 31.2 Å². The van der Waals surface area contributed by atoms with Crippen molar-refractivity contribution in [1.82, 2.24) is 5.32 Å². The Labute approximate surface area is 184 Å². The minimum atomic E-state index is -4.17. The third kappa shape index (κ3) is 4.17. The summed E-state index contributed by atoms with van der Waals surface area (Å²) in [6.07, 6.45) is 0.0430. The number of nitrogens with zero attached hydrogens (tertiary/aromatic N) is 1. The Hall–Kier alpha value is -2.49. The van der Waals surface area contributed by atoms with E-state index in [0.717, 1.165) is 5.56 Å². The quantitative estimate of drug-likeness (QED) is 0.547. The highest BCUT2D eigenvalue weighted by Crippen LogP contribution is 2.38. The lowest BCUT2D eigenvalue weighted by Gasteiger charge is -2.27. The van der Waals surface area contributed by atoms with Crippen molar-refractivity contribution in [1.29, 1.82) is 0 Å². The van der Waals surface area contributed by atoms with Gasteiger partial charge in [0.15, 0.2) is 11.3 Å². The van der Waals surface area contributed by atoms with Crippen molar-refractivity contribution in [3.63, 3.8) is 0 Å². The van der Waals surface area contributed by atoms with Crippen molar-refractivity contribution in [2.45, 2.75) is 30.5 Å². The molecule has 1 N–H and O–H groups in total. The Balaban J connectivity index is 1.75. The summed E-state index contributed by atoms with van der Waals surface area (Å²) in [7, 11) is -2.78. The van der Waals surface area contributed by atoms with E-state index in [-0.39, 0.29) is 28.6 Å². The number of methoxy groups -OCH3 is 1. The van der Waals surface area contributed by atoms with Gasteiger partial charge in [-0.15, -0.1) is 0 Å². The maximum absolute atomic E-state index is 14.3. The summed E-state index contributed by atoms with van der Waals surface area (Å²) in [5.41, 5.74) is 1.27. The predicted octanol–water partition coefficient (Wildman–Crippen LogP) is 4.18. The average molecular weight is 469 g/mol. The Morgan fingerprint density at radius 1 is 1.23 bits per heavy atom. The van der Waals surface area contributed by atoms with Crippen LogP contribution in [0.15, 0.2) is 52.0 Å². The third-order valence-electron chi connectivity index (χ3n) is 5.14. The summed E-state index contributed by atoms with van der Waals surface area (Å²) >= 11 is 6.34. The molecule has 4 rings (SSSR count). The largest absolute Gasteiger partial charge is 0.495 e. The van der Waals surface area contributed by atoms with Gasteiger partial charge >= 0.3 is 0 Å². The minimum absolute atomic E-state index is 0.0677. The van der Waals surface area contributed by atoms with Crippen LogP contribution in [0.25, 0.3) is 11.0 Å². The maximum Gasteiger partial charge on any atom is 0.281 e. The van der Waals surface area contributed by atoms with Gasteiger partial charge in [0.25, 0.3) is 10.0 Å². The Bertz CT molecular complexity index is 1200. The molecule has 2 atom stereocenters. The lowest BCUT2D eigenvalue weighted by molar-refractivity contribution is 0.0736. The molecule has 1 fully saturated rings. The van der Waals surface area contributed by atoms with Gasteiger partial charge in [-0.3, -0.25) is 0 Å². The second kappa shape index (κ2) is 8.57. The van der Waals surface area contributed by atoms with Gasteiger partial charge in [0.05, 0.1) is 19.1 Å². The third-order valence-corrected chi connectivity index (χ3v) is 7.39. The van der Waals surface area contributed by atoms with Crippen molar-refractivity contribution >= 4 is 38.5 Å². The molecule has 2 heterocycles. The number of piperidine rings is 1. The van der Waals surface area contributed by atoms with Gasteiger partial charge in [0.1, 0.15) is 22.9 Å². The zero-order chi connectivity index (χ0) is 22.2. The normalized spacial score (nSPS) is 19.4. The van der Waals surface area contributed by atoms with E-state index < -0.39 is 22.3 Å². The van der Waals surface area contributed by atoms with Crippen molar-refractivity contribution < 1.29 is 26.7 Å². The lowest BCUT2D eigenvalue weighted by atomic mass is 10.1. The van der Waals surface area contributed by atoms with E-state index in [9.17, 15) is 12.8 Å². The van der Waals surface area contributed by atoms with Crippen LogP contribution in [0.4, 0.5) is 10.1 Å². The molecule has 0 amide bonds. The zero-order valence-corrected chi connectivity index (χ0v) is 18.5. The SMILES string of the molecule is COc1ccc(C)cc1S(=O)(=O)N(Cl)c1cc(O[C@@H]2CCNC[C@H]2F)c2occc2c1. The van der Waals surface area contributed by atoms with Gasteiger partial charge in [-0.2, -0.15) is 12.2 Å². The van der Waals surface area contributed by atoms with Crippen LogP contribution in [-0.2, 0) is 10.0 Å². The van der Waals surface area contributed by atoms with Crippen molar-refractivity contribution in [2.75, 3.05) is 24.0 Å². The number of rotatable bonds is 6. The number of hydrogen-bond donors (Lipinski definition) is 1. The van der Waals surface area contributed by atoms with Gasteiger partial charge in [-0.25, -0.2) is 4.39 Å². The molecule has 31 heavy (non-hydrogen) atoms. The first kappa shape index (κ1) is 21.7. The van der Waals surface area contributed by atoms with Crippen LogP contribution in [0.1, 0.15) is 12.0 Å². The highest BCUT2D eigenvalue weighted by Gasteiger charge is 2.31. The van der Waals surface area contributed by atoms with Gasteiger partial charge in [0, 0.05) is 29.8 Å². The molecule has 0 saturated carbocycles. The van der Waals surface area contributed by atoms with Gasteiger partial charge in [-0.05, 0) is 49.7 Å². The molecule has 1 aliphatic heterocycles. The number of sulfonamides is 1. The number of nitrogens with one attached hydrogen (secondary N) is 1. The maximum atomic E-state index is 14.3. The first-order valence-electron chi connectivity index (χ1n) is 9.69. The van der Waals surface area contributed by atoms with Crippen LogP contribution in [0.5, 0.6) is 11.5 Å². The molecular weight excluding hydrogens is 447 g/mol. The van der Waals surface area contributed by atoms with Crippen LogP contribution < -0.4 is 18.6 Å². The molecule has 2 aromatic carbocycles. The molecule has 0 bridgehead atoms. The number of benzene rings is 2. The number of aryl methyl sites for hydroxylation is 1. The number of ether oxygens (including phenoxy) is 2. The number of fused-ring (bicyclic) bond motifs is 1. The van der Waals surface area contributed by atoms with E-state index in [4.69, 9.17) is 25.7 Å². The zero-order valence-electron chi connectivity index (χ0n) is 17.0. The summed E-state index contributed by atoms with van der Waals surface area (Å²) in [6.45, 7) is 2.58. The predicted molar refractivity (Wildman–Crippen MR) is 116 cm³/mol. The van der Waals surface area contributed by atoms with Crippen molar-refractivity contribution in [3.8, 4) is 11.5 Å². The number of halogens is 2. The van der Waals surface area contributed by atoms with Gasteiger partial charge < -0.3 is 19.2 Å². The lowest BCUT2D eigenvalue weighted by Crippen LogP contribution is -2.44. The molecule has 0 spiro atoms. The summed E-state index contributed by atoms with van der Waals surface area (Å²) in [4.78, 5) is -0.0677. The smallest absolute Gasteiger partial charge is 0.281 e. The highest BCUT2D eigenvalue weighted by atomic mass is 35.5. The van der Waals surface area contributed by atoms with E-state index >= 15 is 0 Å². The van der Waals surface area contributed by atoms with Crippen LogP contribution in [-0.4, -0.2) is 40.9 Å². The summed E-state index contributed by atoms with van der Waals surface area (Å²) in [6, 6.07) is 9.46. The fourth-order valence-corrected chi connectivity index (χ4v) is 5.14. The molecule has 0 aliphatic carbocycles. The standard InChI is InChI=1S/C21H22ClFN2O5S/c1-13-3-4-18(28-2)20(9-13)31(26,27)25(22)15-10-14-6-8-29-21(14)19(11-15)30-17-5-7-24-12-16(17)23/h3-4,6,8-11,16-17,24H,5,7,12H2,1-2H3/t16-,17-/m1/s1. The van der Waals surface area contributed by atoms with Gasteiger partial charge in [0.2, 0.25) is 0 Å². The minimum Gasteiger partial charge on any atom is -0.495 e. The first-order valence-corrected chi connectivity index (χ1v) is 11.5. The summed E-state index contributed by atoms with van der Waals surface area (Å²) < 4.78 is 58.1. The van der Waals surface area contributed by atoms with Crippen molar-refractivity contribution in [2.24, 2.45) is 0 Å². The molecule has 1 saturated heterocycles. The summed E-state index contributed by atoms with van der Waals surface area (Å²) in [5, 5.41) is 3.54. The van der Waals surface area contributed by atoms with Crippen LogP contribution in [0.2, 0.25) is 0 Å². The molecule has 166 valence electrons. The van der Waals surface area contributed by atoms with Crippen LogP contribution in [0, 0.1) is 6.92 Å². The topological polar surface area (TPSA) is 81.0 Å². The number of alkyl halides is 1. The molecule has 7 nitrogen and oxygen atoms in total. The Morgan fingerprint density at radius 2 is 2.03 bits per heavy atom. The van der Waals surface area contributed by atoms with Crippen LogP contribution >= 0.6 is 11.8 Å². The second-order valence-electron chi connectivity index (χ2n) is 7.32. The molecule has 1 aliphatic rings. The fourth-order valence-electron chi connectivity index (χ4n) is 3.53. The molecule has 1 aromatic heterocycles. The van der Waals surface area contributed by atoms with E-state index in [2.05, 4.69) is 5.32 Å². The molecule has 3 aromatic rings. The van der Waals surface area contributed by atoms with Gasteiger partial charge in [-0.1, -0.05) is 6.07 Å². The summed E-state index contributed by atoms with van der Waals surface area (Å²) in [5.74, 6) is 0.399. The molecule has 0 radical (unpaired) electrons. The first-order chi connectivity index (χ1) is 14.8. The molecular formula is C21H22ClFN2O5S. The highest BCUT2D eigenvalue weighted by molar-refractivity contribution is 7.94.